The van der Waals surface area contributed by atoms with Gasteiger partial charge in [-0.25, -0.2) is 0 Å². The fourth-order valence-electron chi connectivity index (χ4n) is 2.05. The Bertz CT molecular complexity index is 376. The Labute approximate surface area is 103 Å². The monoisotopic (exact) mass is 256 g/mol. The number of hydrogen-bond acceptors (Lipinski definition) is 2. The molecule has 0 aliphatic carbocycles. The second kappa shape index (κ2) is 6.34. The van der Waals surface area contributed by atoms with Gasteiger partial charge in [0.15, 0.2) is 0 Å². The molecule has 1 aromatic rings. The summed E-state index contributed by atoms with van der Waals surface area (Å²) in [5, 5.41) is 9.06. The van der Waals surface area contributed by atoms with Crippen LogP contribution in [-0.4, -0.2) is 22.8 Å². The first-order valence-corrected chi connectivity index (χ1v) is 7.86. The molecule has 0 saturated heterocycles. The van der Waals surface area contributed by atoms with E-state index in [0.29, 0.717) is 12.6 Å². The van der Waals surface area contributed by atoms with Gasteiger partial charge in [-0.05, 0) is 17.9 Å². The molecule has 4 heteroatoms. The Morgan fingerprint density at radius 1 is 1.24 bits per heavy atom. The van der Waals surface area contributed by atoms with E-state index in [1.165, 1.54) is 0 Å². The summed E-state index contributed by atoms with van der Waals surface area (Å²) < 4.78 is 12.4. The first-order valence-electron chi connectivity index (χ1n) is 5.94. The van der Waals surface area contributed by atoms with Gasteiger partial charge < -0.3 is 10.00 Å². The predicted octanol–water partition coefficient (Wildman–Crippen LogP) is 3.04. The van der Waals surface area contributed by atoms with Gasteiger partial charge in [-0.3, -0.25) is 4.57 Å². The first kappa shape index (κ1) is 14.4. The molecule has 3 nitrogen and oxygen atoms in total. The zero-order valence-electron chi connectivity index (χ0n) is 10.4. The van der Waals surface area contributed by atoms with Crippen molar-refractivity contribution in [2.24, 2.45) is 5.92 Å². The van der Waals surface area contributed by atoms with Crippen molar-refractivity contribution in [2.45, 2.75) is 25.9 Å². The highest BCUT2D eigenvalue weighted by Gasteiger charge is 2.32. The third-order valence-corrected chi connectivity index (χ3v) is 5.48. The minimum Gasteiger partial charge on any atom is -0.396 e. The smallest absolute Gasteiger partial charge is 0.208 e. The molecule has 0 fully saturated rings. The number of aliphatic hydroxyl groups is 1. The van der Waals surface area contributed by atoms with Crippen LogP contribution in [0.5, 0.6) is 0 Å². The van der Waals surface area contributed by atoms with Crippen molar-refractivity contribution >= 4 is 7.37 Å². The van der Waals surface area contributed by atoms with Crippen LogP contribution in [0.1, 0.15) is 31.5 Å². The van der Waals surface area contributed by atoms with Gasteiger partial charge in [-0.1, -0.05) is 44.2 Å². The topological polar surface area (TPSA) is 57.5 Å². The summed E-state index contributed by atoms with van der Waals surface area (Å²) in [6, 6.07) is 9.29. The molecule has 0 spiro atoms. The van der Waals surface area contributed by atoms with Crippen LogP contribution in [0, 0.1) is 5.92 Å². The molecule has 0 saturated carbocycles. The summed E-state index contributed by atoms with van der Waals surface area (Å²) in [7, 11) is -3.26. The Balaban J connectivity index is 2.97. The van der Waals surface area contributed by atoms with E-state index in [9.17, 15) is 9.46 Å². The molecule has 0 heterocycles. The molecular weight excluding hydrogens is 235 g/mol. The minimum absolute atomic E-state index is 0.0673. The van der Waals surface area contributed by atoms with Crippen molar-refractivity contribution in [3.8, 4) is 0 Å². The molecule has 2 N–H and O–H groups in total. The molecule has 17 heavy (non-hydrogen) atoms. The average Bonchev–Trinajstić information content (AvgIpc) is 2.25. The van der Waals surface area contributed by atoms with Gasteiger partial charge in [-0.15, -0.1) is 0 Å². The van der Waals surface area contributed by atoms with Gasteiger partial charge in [0.05, 0.1) is 5.66 Å². The average molecular weight is 256 g/mol. The van der Waals surface area contributed by atoms with Gasteiger partial charge in [-0.2, -0.15) is 0 Å². The van der Waals surface area contributed by atoms with Gasteiger partial charge in [0.25, 0.3) is 0 Å². The van der Waals surface area contributed by atoms with Crippen LogP contribution in [0.2, 0.25) is 0 Å². The van der Waals surface area contributed by atoms with Crippen molar-refractivity contribution in [3.63, 3.8) is 0 Å². The third kappa shape index (κ3) is 4.27. The van der Waals surface area contributed by atoms with E-state index in [1.807, 2.05) is 44.2 Å². The van der Waals surface area contributed by atoms with Gasteiger partial charge >= 0.3 is 0 Å². The fourth-order valence-corrected chi connectivity index (χ4v) is 4.51. The SMILES string of the molecule is CC(C)CP(=O)(O)C(CCO)c1ccccc1. The summed E-state index contributed by atoms with van der Waals surface area (Å²) in [6.45, 7) is 3.80. The maximum absolute atomic E-state index is 12.4. The van der Waals surface area contributed by atoms with E-state index >= 15 is 0 Å². The summed E-state index contributed by atoms with van der Waals surface area (Å²) in [5.74, 6) is 0.177. The van der Waals surface area contributed by atoms with E-state index in [0.717, 1.165) is 5.56 Å². The molecule has 96 valence electrons. The van der Waals surface area contributed by atoms with Crippen molar-refractivity contribution in [1.29, 1.82) is 0 Å². The number of aliphatic hydroxyl groups excluding tert-OH is 1. The quantitative estimate of drug-likeness (QED) is 0.769. The summed E-state index contributed by atoms with van der Waals surface area (Å²) in [5.41, 5.74) is 0.393. The van der Waals surface area contributed by atoms with E-state index < -0.39 is 13.0 Å². The summed E-state index contributed by atoms with van der Waals surface area (Å²) in [6.07, 6.45) is 0.636. The number of benzene rings is 1. The second-order valence-corrected chi connectivity index (χ2v) is 7.27. The molecular formula is C13H21O3P. The third-order valence-electron chi connectivity index (χ3n) is 2.70. The van der Waals surface area contributed by atoms with Crippen LogP contribution in [0.4, 0.5) is 0 Å². The molecule has 1 rings (SSSR count). The lowest BCUT2D eigenvalue weighted by Gasteiger charge is -2.24. The first-order chi connectivity index (χ1) is 7.97. The van der Waals surface area contributed by atoms with Crippen molar-refractivity contribution in [1.82, 2.24) is 0 Å². The van der Waals surface area contributed by atoms with Crippen LogP contribution < -0.4 is 0 Å². The van der Waals surface area contributed by atoms with E-state index in [4.69, 9.17) is 5.11 Å². The van der Waals surface area contributed by atoms with Crippen LogP contribution in [0.25, 0.3) is 0 Å². The predicted molar refractivity (Wildman–Crippen MR) is 70.4 cm³/mol. The molecule has 0 bridgehead atoms. The molecule has 0 aromatic heterocycles. The molecule has 2 atom stereocenters. The van der Waals surface area contributed by atoms with Crippen LogP contribution in [-0.2, 0) is 4.57 Å². The maximum Gasteiger partial charge on any atom is 0.208 e. The standard InChI is InChI=1S/C13H21O3P/c1-11(2)10-17(15,16)13(8-9-14)12-6-4-3-5-7-12/h3-7,11,13-14H,8-10H2,1-2H3,(H,15,16). The lowest BCUT2D eigenvalue weighted by atomic mass is 10.1. The molecule has 0 amide bonds. The minimum atomic E-state index is -3.26. The van der Waals surface area contributed by atoms with E-state index in [2.05, 4.69) is 0 Å². The van der Waals surface area contributed by atoms with Crippen molar-refractivity contribution in [2.75, 3.05) is 12.8 Å². The number of rotatable bonds is 6. The van der Waals surface area contributed by atoms with Gasteiger partial charge in [0, 0.05) is 12.8 Å². The fraction of sp³-hybridized carbons (Fsp3) is 0.538. The zero-order valence-corrected chi connectivity index (χ0v) is 11.3. The van der Waals surface area contributed by atoms with Crippen molar-refractivity contribution < 1.29 is 14.6 Å². The largest absolute Gasteiger partial charge is 0.396 e. The lowest BCUT2D eigenvalue weighted by Crippen LogP contribution is -2.08. The Morgan fingerprint density at radius 2 is 1.82 bits per heavy atom. The Kier molecular flexibility index (Phi) is 5.38. The Morgan fingerprint density at radius 3 is 2.29 bits per heavy atom. The summed E-state index contributed by atoms with van der Waals surface area (Å²) >= 11 is 0. The Hall–Kier alpha value is -0.630. The highest BCUT2D eigenvalue weighted by Crippen LogP contribution is 2.58. The molecule has 2 unspecified atom stereocenters. The summed E-state index contributed by atoms with van der Waals surface area (Å²) in [4.78, 5) is 10.2. The van der Waals surface area contributed by atoms with Gasteiger partial charge in [0.2, 0.25) is 7.37 Å². The lowest BCUT2D eigenvalue weighted by molar-refractivity contribution is 0.282. The number of hydrogen-bond donors (Lipinski definition) is 2. The second-order valence-electron chi connectivity index (χ2n) is 4.77. The highest BCUT2D eigenvalue weighted by molar-refractivity contribution is 7.58. The van der Waals surface area contributed by atoms with Crippen LogP contribution in [0.3, 0.4) is 0 Å². The van der Waals surface area contributed by atoms with Crippen LogP contribution in [0.15, 0.2) is 30.3 Å². The zero-order chi connectivity index (χ0) is 12.9. The van der Waals surface area contributed by atoms with Gasteiger partial charge in [0.1, 0.15) is 0 Å². The molecule has 0 aliphatic rings. The molecule has 1 aromatic carbocycles. The van der Waals surface area contributed by atoms with E-state index in [1.54, 1.807) is 0 Å². The van der Waals surface area contributed by atoms with E-state index in [-0.39, 0.29) is 12.5 Å². The highest BCUT2D eigenvalue weighted by atomic mass is 31.2. The maximum atomic E-state index is 12.4. The molecule has 0 aliphatic heterocycles. The normalized spacial score (nSPS) is 16.8. The van der Waals surface area contributed by atoms with Crippen molar-refractivity contribution in [3.05, 3.63) is 35.9 Å². The van der Waals surface area contributed by atoms with Crippen LogP contribution >= 0.6 is 7.37 Å². The molecule has 0 radical (unpaired) electrons.